The number of carbonyl (C=O) groups excluding carboxylic acids is 1. The molecule has 0 rings (SSSR count). The van der Waals surface area contributed by atoms with Crippen molar-refractivity contribution in [2.24, 2.45) is 11.5 Å². The van der Waals surface area contributed by atoms with Crippen LogP contribution in [-0.4, -0.2) is 18.4 Å². The predicted octanol–water partition coefficient (Wildman–Crippen LogP) is -0.748. The Hall–Kier alpha value is -0.410. The number of ketones is 1. The molecule has 8 heavy (non-hydrogen) atoms. The highest BCUT2D eigenvalue weighted by Crippen LogP contribution is 1.84. The van der Waals surface area contributed by atoms with Crippen molar-refractivity contribution >= 4 is 5.78 Å². The molecule has 1 atom stereocenters. The predicted molar refractivity (Wildman–Crippen MR) is 32.3 cm³/mol. The van der Waals surface area contributed by atoms with Crippen LogP contribution in [0.3, 0.4) is 0 Å². The second kappa shape index (κ2) is 3.57. The molecule has 3 heteroatoms. The van der Waals surface area contributed by atoms with Gasteiger partial charge in [-0.1, -0.05) is 0 Å². The third kappa shape index (κ3) is 2.71. The summed E-state index contributed by atoms with van der Waals surface area (Å²) in [5, 5.41) is 0. The van der Waals surface area contributed by atoms with Gasteiger partial charge in [0.2, 0.25) is 0 Å². The fourth-order valence-electron chi connectivity index (χ4n) is 0.383. The topological polar surface area (TPSA) is 69.1 Å². The number of hydrogen-bond acceptors (Lipinski definition) is 3. The van der Waals surface area contributed by atoms with E-state index in [1.54, 1.807) is 0 Å². The second-order valence-corrected chi connectivity index (χ2v) is 1.79. The monoisotopic (exact) mass is 116 g/mol. The van der Waals surface area contributed by atoms with Gasteiger partial charge in [-0.05, 0) is 19.9 Å². The molecule has 0 fully saturated rings. The summed E-state index contributed by atoms with van der Waals surface area (Å²) in [5.74, 6) is 0.00968. The van der Waals surface area contributed by atoms with Crippen LogP contribution in [0.4, 0.5) is 0 Å². The van der Waals surface area contributed by atoms with Crippen molar-refractivity contribution in [2.45, 2.75) is 19.4 Å². The van der Waals surface area contributed by atoms with Crippen LogP contribution in [-0.2, 0) is 4.79 Å². The third-order valence-electron chi connectivity index (χ3n) is 1.000. The first kappa shape index (κ1) is 7.59. The molecule has 4 N–H and O–H groups in total. The van der Waals surface area contributed by atoms with E-state index in [4.69, 9.17) is 11.5 Å². The normalized spacial score (nSPS) is 13.4. The molecule has 0 aliphatic carbocycles. The molecule has 0 bridgehead atoms. The fourth-order valence-corrected chi connectivity index (χ4v) is 0.383. The summed E-state index contributed by atoms with van der Waals surface area (Å²) in [6.45, 7) is 1.96. The summed E-state index contributed by atoms with van der Waals surface area (Å²) in [5.41, 5.74) is 10.4. The molecule has 0 radical (unpaired) electrons. The van der Waals surface area contributed by atoms with Crippen molar-refractivity contribution in [1.82, 2.24) is 0 Å². The van der Waals surface area contributed by atoms with E-state index in [0.29, 0.717) is 13.0 Å². The minimum atomic E-state index is -0.347. The first-order chi connectivity index (χ1) is 3.68. The molecular formula is C5H12N2O. The zero-order chi connectivity index (χ0) is 6.57. The smallest absolute Gasteiger partial charge is 0.146 e. The molecular weight excluding hydrogens is 104 g/mol. The van der Waals surface area contributed by atoms with Crippen LogP contribution in [0.1, 0.15) is 13.3 Å². The summed E-state index contributed by atoms with van der Waals surface area (Å²) < 4.78 is 0. The summed E-state index contributed by atoms with van der Waals surface area (Å²) in [7, 11) is 0. The average molecular weight is 116 g/mol. The van der Waals surface area contributed by atoms with Crippen LogP contribution < -0.4 is 11.5 Å². The molecule has 0 heterocycles. The second-order valence-electron chi connectivity index (χ2n) is 1.79. The van der Waals surface area contributed by atoms with E-state index < -0.39 is 0 Å². The maximum Gasteiger partial charge on any atom is 0.146 e. The third-order valence-corrected chi connectivity index (χ3v) is 1.000. The molecule has 0 aliphatic heterocycles. The Labute approximate surface area is 49.0 Å². The lowest BCUT2D eigenvalue weighted by molar-refractivity contribution is -0.118. The first-order valence-electron chi connectivity index (χ1n) is 2.64. The molecule has 0 spiro atoms. The first-order valence-corrected chi connectivity index (χ1v) is 2.64. The Bertz CT molecular complexity index is 82.5. The van der Waals surface area contributed by atoms with Crippen LogP contribution in [0.25, 0.3) is 0 Å². The highest BCUT2D eigenvalue weighted by atomic mass is 16.1. The highest BCUT2D eigenvalue weighted by molar-refractivity contribution is 5.81. The zero-order valence-electron chi connectivity index (χ0n) is 5.05. The number of hydrogen-bond donors (Lipinski definition) is 2. The lowest BCUT2D eigenvalue weighted by Gasteiger charge is -2.02. The fraction of sp³-hybridized carbons (Fsp3) is 0.800. The van der Waals surface area contributed by atoms with Gasteiger partial charge >= 0.3 is 0 Å². The van der Waals surface area contributed by atoms with E-state index in [1.165, 1.54) is 6.92 Å². The van der Waals surface area contributed by atoms with Crippen LogP contribution >= 0.6 is 0 Å². The van der Waals surface area contributed by atoms with Crippen molar-refractivity contribution in [3.05, 3.63) is 0 Å². The SMILES string of the molecule is CC(=O)[C@@H](N)CCN. The maximum absolute atomic E-state index is 10.4. The van der Waals surface area contributed by atoms with Gasteiger partial charge in [0.15, 0.2) is 0 Å². The average Bonchev–Trinajstić information content (AvgIpc) is 1.67. The van der Waals surface area contributed by atoms with Gasteiger partial charge < -0.3 is 11.5 Å². The van der Waals surface area contributed by atoms with Crippen LogP contribution in [0.2, 0.25) is 0 Å². The van der Waals surface area contributed by atoms with E-state index in [-0.39, 0.29) is 11.8 Å². The summed E-state index contributed by atoms with van der Waals surface area (Å²) in [6.07, 6.45) is 0.593. The highest BCUT2D eigenvalue weighted by Gasteiger charge is 2.04. The number of Topliss-reactive ketones (excluding diaryl/α,β-unsaturated/α-hetero) is 1. The minimum Gasteiger partial charge on any atom is -0.330 e. The number of nitrogens with two attached hydrogens (primary N) is 2. The molecule has 3 nitrogen and oxygen atoms in total. The Balaban J connectivity index is 3.32. The van der Waals surface area contributed by atoms with E-state index >= 15 is 0 Å². The summed E-state index contributed by atoms with van der Waals surface area (Å²) in [6, 6.07) is -0.347. The molecule has 0 saturated heterocycles. The Morgan fingerprint density at radius 2 is 2.25 bits per heavy atom. The zero-order valence-corrected chi connectivity index (χ0v) is 5.05. The molecule has 0 aromatic carbocycles. The van der Waals surface area contributed by atoms with Crippen molar-refractivity contribution in [2.75, 3.05) is 6.54 Å². The quantitative estimate of drug-likeness (QED) is 0.510. The van der Waals surface area contributed by atoms with Gasteiger partial charge in [0.25, 0.3) is 0 Å². The van der Waals surface area contributed by atoms with Gasteiger partial charge in [-0.2, -0.15) is 0 Å². The van der Waals surface area contributed by atoms with Crippen molar-refractivity contribution < 1.29 is 4.79 Å². The molecule has 0 saturated carbocycles. The van der Waals surface area contributed by atoms with Gasteiger partial charge in [0, 0.05) is 0 Å². The van der Waals surface area contributed by atoms with Crippen LogP contribution in [0.15, 0.2) is 0 Å². The minimum absolute atomic E-state index is 0.00968. The van der Waals surface area contributed by atoms with Gasteiger partial charge in [0.1, 0.15) is 5.78 Å². The Morgan fingerprint density at radius 3 is 2.38 bits per heavy atom. The van der Waals surface area contributed by atoms with E-state index in [0.717, 1.165) is 0 Å². The molecule has 0 aromatic heterocycles. The Kier molecular flexibility index (Phi) is 3.39. The largest absolute Gasteiger partial charge is 0.330 e. The van der Waals surface area contributed by atoms with E-state index in [2.05, 4.69) is 0 Å². The van der Waals surface area contributed by atoms with Crippen LogP contribution in [0.5, 0.6) is 0 Å². The summed E-state index contributed by atoms with van der Waals surface area (Å²) in [4.78, 5) is 10.4. The lowest BCUT2D eigenvalue weighted by Crippen LogP contribution is -2.30. The van der Waals surface area contributed by atoms with Gasteiger partial charge in [-0.25, -0.2) is 0 Å². The van der Waals surface area contributed by atoms with Crippen molar-refractivity contribution in [3.8, 4) is 0 Å². The number of carbonyl (C=O) groups is 1. The van der Waals surface area contributed by atoms with Crippen LogP contribution in [0, 0.1) is 0 Å². The van der Waals surface area contributed by atoms with E-state index in [1.807, 2.05) is 0 Å². The standard InChI is InChI=1S/C5H12N2O/c1-4(8)5(7)2-3-6/h5H,2-3,6-7H2,1H3/t5-/m0/s1. The maximum atomic E-state index is 10.4. The molecule has 48 valence electrons. The molecule has 0 unspecified atom stereocenters. The van der Waals surface area contributed by atoms with E-state index in [9.17, 15) is 4.79 Å². The molecule has 0 amide bonds. The molecule has 0 aliphatic rings. The van der Waals surface area contributed by atoms with Gasteiger partial charge in [-0.3, -0.25) is 4.79 Å². The van der Waals surface area contributed by atoms with Crippen molar-refractivity contribution in [3.63, 3.8) is 0 Å². The molecule has 0 aromatic rings. The number of rotatable bonds is 3. The lowest BCUT2D eigenvalue weighted by atomic mass is 10.1. The summed E-state index contributed by atoms with van der Waals surface area (Å²) >= 11 is 0. The van der Waals surface area contributed by atoms with Gasteiger partial charge in [-0.15, -0.1) is 0 Å². The van der Waals surface area contributed by atoms with Gasteiger partial charge in [0.05, 0.1) is 6.04 Å². The Morgan fingerprint density at radius 1 is 1.75 bits per heavy atom. The van der Waals surface area contributed by atoms with Crippen molar-refractivity contribution in [1.29, 1.82) is 0 Å².